The highest BCUT2D eigenvalue weighted by Crippen LogP contribution is 2.62. The number of benzene rings is 4. The van der Waals surface area contributed by atoms with Gasteiger partial charge in [-0.05, 0) is 105 Å². The van der Waals surface area contributed by atoms with E-state index in [0.717, 1.165) is 16.5 Å². The Bertz CT molecular complexity index is 1710. The normalized spacial score (nSPS) is 17.3. The first-order chi connectivity index (χ1) is 20.1. The average Bonchev–Trinajstić information content (AvgIpc) is 3.41. The first-order valence-corrected chi connectivity index (χ1v) is 15.0. The third kappa shape index (κ3) is 4.54. The smallest absolute Gasteiger partial charge is 0.331 e. The highest BCUT2D eigenvalue weighted by atomic mass is 16.5. The van der Waals surface area contributed by atoms with Gasteiger partial charge in [0.1, 0.15) is 0 Å². The lowest BCUT2D eigenvalue weighted by Gasteiger charge is -2.37. The molecular formula is C37H40B2O4. The van der Waals surface area contributed by atoms with Crippen LogP contribution in [0.3, 0.4) is 0 Å². The minimum Gasteiger partial charge on any atom is -0.427 e. The van der Waals surface area contributed by atoms with Gasteiger partial charge in [-0.1, -0.05) is 90.4 Å². The van der Waals surface area contributed by atoms with Crippen LogP contribution in [0.2, 0.25) is 0 Å². The molecule has 0 aromatic heterocycles. The summed E-state index contributed by atoms with van der Waals surface area (Å²) in [4.78, 5) is 0. The highest BCUT2D eigenvalue weighted by Gasteiger charge is 2.52. The maximum Gasteiger partial charge on any atom is 0.331 e. The van der Waals surface area contributed by atoms with Crippen LogP contribution < -0.4 is 10.9 Å². The highest BCUT2D eigenvalue weighted by molar-refractivity contribution is 6.50. The van der Waals surface area contributed by atoms with Crippen molar-refractivity contribution in [3.8, 4) is 22.3 Å². The summed E-state index contributed by atoms with van der Waals surface area (Å²) in [7, 11) is 3.58. The molecule has 218 valence electrons. The van der Waals surface area contributed by atoms with Gasteiger partial charge < -0.3 is 19.5 Å². The van der Waals surface area contributed by atoms with Crippen LogP contribution in [0, 0.1) is 0 Å². The molecule has 0 bridgehead atoms. The molecule has 0 amide bonds. The second-order valence-electron chi connectivity index (χ2n) is 14.0. The zero-order chi connectivity index (χ0) is 31.0. The van der Waals surface area contributed by atoms with Gasteiger partial charge in [-0.25, -0.2) is 0 Å². The number of hydrogen-bond donors (Lipinski definition) is 2. The van der Waals surface area contributed by atoms with Gasteiger partial charge in [0.15, 0.2) is 0 Å². The van der Waals surface area contributed by atoms with Crippen LogP contribution in [-0.2, 0) is 14.7 Å². The van der Waals surface area contributed by atoms with Crippen LogP contribution in [-0.4, -0.2) is 47.6 Å². The largest absolute Gasteiger partial charge is 0.427 e. The summed E-state index contributed by atoms with van der Waals surface area (Å²) in [5, 5.41) is 21.4. The Morgan fingerprint density at radius 1 is 0.535 bits per heavy atom. The molecule has 0 saturated carbocycles. The lowest BCUT2D eigenvalue weighted by molar-refractivity contribution is -0.0893. The van der Waals surface area contributed by atoms with Gasteiger partial charge in [-0.15, -0.1) is 0 Å². The number of hydrogen-bond acceptors (Lipinski definition) is 4. The monoisotopic (exact) mass is 570 g/mol. The molecule has 4 aromatic carbocycles. The van der Waals surface area contributed by atoms with Gasteiger partial charge >= 0.3 is 15.0 Å². The van der Waals surface area contributed by atoms with Crippen LogP contribution in [0.4, 0.5) is 0 Å². The second kappa shape index (κ2) is 9.93. The summed E-state index contributed by atoms with van der Waals surface area (Å²) in [5.74, 6) is 0. The van der Waals surface area contributed by atoms with Crippen molar-refractivity contribution in [1.82, 2.24) is 0 Å². The van der Waals surface area contributed by atoms with E-state index in [1.807, 2.05) is 35.2 Å². The summed E-state index contributed by atoms with van der Waals surface area (Å²) < 4.78 is 12.5. The molecule has 6 rings (SSSR count). The first kappa shape index (κ1) is 29.9. The zero-order valence-corrected chi connectivity index (χ0v) is 26.4. The number of rotatable bonds is 8. The molecule has 0 heterocycles. The molecule has 2 aliphatic carbocycles. The lowest BCUT2D eigenvalue weighted by atomic mass is 9.68. The van der Waals surface area contributed by atoms with Crippen molar-refractivity contribution in [2.75, 3.05) is 0 Å². The van der Waals surface area contributed by atoms with Crippen molar-refractivity contribution in [1.29, 1.82) is 0 Å². The van der Waals surface area contributed by atoms with Gasteiger partial charge in [0.2, 0.25) is 0 Å². The molecule has 0 saturated heterocycles. The topological polar surface area (TPSA) is 58.9 Å². The predicted molar refractivity (Wildman–Crippen MR) is 176 cm³/mol. The van der Waals surface area contributed by atoms with E-state index in [2.05, 4.69) is 84.9 Å². The lowest BCUT2D eigenvalue weighted by Crippen LogP contribution is -2.49. The van der Waals surface area contributed by atoms with Crippen molar-refractivity contribution < 1.29 is 19.5 Å². The molecule has 6 heteroatoms. The van der Waals surface area contributed by atoms with E-state index in [0.29, 0.717) is 0 Å². The van der Waals surface area contributed by atoms with E-state index in [1.165, 1.54) is 38.9 Å². The maximum absolute atomic E-state index is 10.8. The molecule has 43 heavy (non-hydrogen) atoms. The average molecular weight is 570 g/mol. The predicted octanol–water partition coefficient (Wildman–Crippen LogP) is 5.65. The Balaban J connectivity index is 1.54. The molecule has 1 unspecified atom stereocenters. The summed E-state index contributed by atoms with van der Waals surface area (Å²) in [5.41, 5.74) is 7.39. The third-order valence-corrected chi connectivity index (χ3v) is 10.1. The Labute approximate surface area is 257 Å². The van der Waals surface area contributed by atoms with Gasteiger partial charge in [-0.2, -0.15) is 0 Å². The summed E-state index contributed by atoms with van der Waals surface area (Å²) in [6, 6.07) is 30.3. The fourth-order valence-electron chi connectivity index (χ4n) is 6.12. The quantitative estimate of drug-likeness (QED) is 0.232. The fraction of sp³-hybridized carbons (Fsp3) is 0.351. The molecule has 2 N–H and O–H groups in total. The molecule has 2 radical (unpaired) electrons. The third-order valence-electron chi connectivity index (χ3n) is 10.1. The Morgan fingerprint density at radius 3 is 1.67 bits per heavy atom. The molecular weight excluding hydrogens is 530 g/mol. The van der Waals surface area contributed by atoms with Crippen molar-refractivity contribution in [3.05, 3.63) is 107 Å². The van der Waals surface area contributed by atoms with Gasteiger partial charge in [0, 0.05) is 0 Å². The van der Waals surface area contributed by atoms with Gasteiger partial charge in [0.25, 0.3) is 0 Å². The second-order valence-corrected chi connectivity index (χ2v) is 14.0. The van der Waals surface area contributed by atoms with Crippen LogP contribution in [0.1, 0.15) is 77.6 Å². The Morgan fingerprint density at radius 2 is 1.05 bits per heavy atom. The minimum atomic E-state index is -1.03. The van der Waals surface area contributed by atoms with E-state index in [-0.39, 0.29) is 0 Å². The van der Waals surface area contributed by atoms with Crippen molar-refractivity contribution in [3.63, 3.8) is 0 Å². The van der Waals surface area contributed by atoms with Crippen LogP contribution in [0.25, 0.3) is 22.3 Å². The molecule has 0 fully saturated rings. The maximum atomic E-state index is 10.8. The van der Waals surface area contributed by atoms with Crippen molar-refractivity contribution in [2.45, 2.75) is 83.2 Å². The molecule has 1 spiro atoms. The van der Waals surface area contributed by atoms with Gasteiger partial charge in [-0.3, -0.25) is 0 Å². The summed E-state index contributed by atoms with van der Waals surface area (Å²) in [6.07, 6.45) is 0. The minimum absolute atomic E-state index is 0.525. The Kier molecular flexibility index (Phi) is 6.91. The number of aliphatic hydroxyl groups is 2. The number of fused-ring (bicyclic) bond motifs is 10. The molecule has 0 aliphatic heterocycles. The van der Waals surface area contributed by atoms with E-state index < -0.39 is 27.8 Å². The zero-order valence-electron chi connectivity index (χ0n) is 26.4. The Hall–Kier alpha value is -3.15. The standard InChI is InChI=1S/C37H40B2O4/c1-33(2,40)35(5,6)42-38-23-20-21-25-24-14-9-11-16-27(24)37(30(25)22-23)28-17-12-10-15-26(28)32-29(37)18-13-19-31(32)39-43-36(7,8)34(3,4)41/h9-22,40-41H,1-8H3. The van der Waals surface area contributed by atoms with E-state index in [9.17, 15) is 10.2 Å². The van der Waals surface area contributed by atoms with Crippen LogP contribution in [0.15, 0.2) is 84.9 Å². The van der Waals surface area contributed by atoms with Gasteiger partial charge in [0.05, 0.1) is 27.8 Å². The van der Waals surface area contributed by atoms with Crippen LogP contribution in [0.5, 0.6) is 0 Å². The summed E-state index contributed by atoms with van der Waals surface area (Å²) >= 11 is 0. The summed E-state index contributed by atoms with van der Waals surface area (Å²) in [6.45, 7) is 14.7. The van der Waals surface area contributed by atoms with E-state index in [4.69, 9.17) is 9.31 Å². The molecule has 4 nitrogen and oxygen atoms in total. The SMILES string of the molecule is CC(C)(O)C(C)(C)O[B]c1ccc2c(c1)C1(c3ccccc3-2)c2ccccc2-c2c([B]OC(C)(C)C(C)(C)O)cccc21. The van der Waals surface area contributed by atoms with Crippen molar-refractivity contribution >= 4 is 25.9 Å². The van der Waals surface area contributed by atoms with E-state index >= 15 is 0 Å². The first-order valence-electron chi connectivity index (χ1n) is 15.0. The van der Waals surface area contributed by atoms with E-state index in [1.54, 1.807) is 35.2 Å². The fourth-order valence-corrected chi connectivity index (χ4v) is 6.12. The molecule has 2 aliphatic rings. The van der Waals surface area contributed by atoms with Crippen LogP contribution >= 0.6 is 0 Å². The van der Waals surface area contributed by atoms with Crippen molar-refractivity contribution in [2.24, 2.45) is 0 Å². The molecule has 4 aromatic rings. The molecule has 1 atom stereocenters.